The number of aryl methyl sites for hydroxylation is 2. The van der Waals surface area contributed by atoms with Gasteiger partial charge in [0.2, 0.25) is 0 Å². The van der Waals surface area contributed by atoms with Gasteiger partial charge in [0.25, 0.3) is 0 Å². The molecule has 0 radical (unpaired) electrons. The molecule has 5 heteroatoms. The summed E-state index contributed by atoms with van der Waals surface area (Å²) in [5, 5.41) is 0. The minimum absolute atomic E-state index is 0.560. The molecule has 2 N–H and O–H groups in total. The second kappa shape index (κ2) is 4.79. The molecule has 1 aromatic heterocycles. The highest BCUT2D eigenvalue weighted by Crippen LogP contribution is 2.33. The van der Waals surface area contributed by atoms with Crippen molar-refractivity contribution in [3.8, 4) is 11.8 Å². The van der Waals surface area contributed by atoms with Gasteiger partial charge < -0.3 is 15.0 Å². The van der Waals surface area contributed by atoms with Crippen molar-refractivity contribution >= 4 is 21.6 Å². The van der Waals surface area contributed by atoms with Gasteiger partial charge in [-0.1, -0.05) is 15.9 Å². The maximum atomic E-state index is 5.94. The smallest absolute Gasteiger partial charge is 0.301 e. The van der Waals surface area contributed by atoms with Gasteiger partial charge in [-0.25, -0.2) is 4.98 Å². The molecule has 4 nitrogen and oxygen atoms in total. The highest BCUT2D eigenvalue weighted by Gasteiger charge is 2.10. The zero-order valence-electron chi connectivity index (χ0n) is 9.77. The van der Waals surface area contributed by atoms with E-state index >= 15 is 0 Å². The lowest BCUT2D eigenvalue weighted by Gasteiger charge is -2.12. The number of hydrogen-bond acceptors (Lipinski definition) is 3. The number of rotatable bonds is 3. The van der Waals surface area contributed by atoms with E-state index < -0.39 is 0 Å². The van der Waals surface area contributed by atoms with Crippen LogP contribution in [0.4, 0.5) is 5.69 Å². The van der Waals surface area contributed by atoms with Gasteiger partial charge in [0.05, 0.1) is 5.69 Å². The van der Waals surface area contributed by atoms with E-state index in [1.165, 1.54) is 0 Å². The van der Waals surface area contributed by atoms with E-state index in [0.717, 1.165) is 16.6 Å². The minimum Gasteiger partial charge on any atom is -0.423 e. The predicted octanol–water partition coefficient (Wildman–Crippen LogP) is 3.35. The van der Waals surface area contributed by atoms with Crippen LogP contribution in [-0.4, -0.2) is 9.55 Å². The Morgan fingerprint density at radius 1 is 1.47 bits per heavy atom. The summed E-state index contributed by atoms with van der Waals surface area (Å²) in [4.78, 5) is 4.16. The van der Waals surface area contributed by atoms with E-state index in [4.69, 9.17) is 10.5 Å². The molecule has 0 unspecified atom stereocenters. The molecule has 0 aliphatic rings. The molecule has 0 aliphatic heterocycles. The lowest BCUT2D eigenvalue weighted by molar-refractivity contribution is 0.414. The zero-order chi connectivity index (χ0) is 12.4. The fourth-order valence-corrected chi connectivity index (χ4v) is 2.22. The number of aromatic nitrogens is 2. The highest BCUT2D eigenvalue weighted by atomic mass is 79.9. The van der Waals surface area contributed by atoms with Crippen LogP contribution in [0.2, 0.25) is 0 Å². The highest BCUT2D eigenvalue weighted by molar-refractivity contribution is 9.10. The van der Waals surface area contributed by atoms with E-state index in [1.807, 2.05) is 36.7 Å². The van der Waals surface area contributed by atoms with E-state index in [9.17, 15) is 0 Å². The second-order valence-corrected chi connectivity index (χ2v) is 4.65. The van der Waals surface area contributed by atoms with Crippen molar-refractivity contribution in [1.82, 2.24) is 9.55 Å². The first-order valence-electron chi connectivity index (χ1n) is 5.36. The van der Waals surface area contributed by atoms with Crippen molar-refractivity contribution in [2.75, 3.05) is 5.73 Å². The number of imidazole rings is 1. The first kappa shape index (κ1) is 12.0. The van der Waals surface area contributed by atoms with Crippen molar-refractivity contribution in [3.05, 3.63) is 34.6 Å². The molecule has 2 rings (SSSR count). The number of nitrogens with zero attached hydrogens (tertiary/aromatic N) is 2. The van der Waals surface area contributed by atoms with Crippen LogP contribution in [0.1, 0.15) is 12.5 Å². The molecule has 0 bridgehead atoms. The quantitative estimate of drug-likeness (QED) is 0.884. The molecule has 1 heterocycles. The third-order valence-electron chi connectivity index (χ3n) is 2.48. The molecular formula is C12H14BrN3O. The largest absolute Gasteiger partial charge is 0.423 e. The Morgan fingerprint density at radius 2 is 2.24 bits per heavy atom. The number of halogens is 1. The summed E-state index contributed by atoms with van der Waals surface area (Å²) in [6.07, 6.45) is 3.59. The van der Waals surface area contributed by atoms with Gasteiger partial charge in [0, 0.05) is 23.4 Å². The third kappa shape index (κ3) is 2.44. The van der Waals surface area contributed by atoms with Crippen molar-refractivity contribution in [3.63, 3.8) is 0 Å². The summed E-state index contributed by atoms with van der Waals surface area (Å²) < 4.78 is 8.62. The predicted molar refractivity (Wildman–Crippen MR) is 71.3 cm³/mol. The summed E-state index contributed by atoms with van der Waals surface area (Å²) >= 11 is 3.40. The average molecular weight is 296 g/mol. The summed E-state index contributed by atoms with van der Waals surface area (Å²) in [7, 11) is 0. The topological polar surface area (TPSA) is 53.1 Å². The van der Waals surface area contributed by atoms with Crippen molar-refractivity contribution in [2.24, 2.45) is 0 Å². The molecule has 1 aromatic carbocycles. The zero-order valence-corrected chi connectivity index (χ0v) is 11.4. The summed E-state index contributed by atoms with van der Waals surface area (Å²) in [5.74, 6) is 0.661. The summed E-state index contributed by atoms with van der Waals surface area (Å²) in [6.45, 7) is 4.80. The average Bonchev–Trinajstić information content (AvgIpc) is 2.70. The maximum absolute atomic E-state index is 5.94. The lowest BCUT2D eigenvalue weighted by atomic mass is 10.2. The molecule has 0 aliphatic carbocycles. The van der Waals surface area contributed by atoms with E-state index in [2.05, 4.69) is 20.9 Å². The van der Waals surface area contributed by atoms with Crippen LogP contribution in [0.15, 0.2) is 29.0 Å². The Bertz CT molecular complexity index is 513. The van der Waals surface area contributed by atoms with Gasteiger partial charge in [0.15, 0.2) is 5.75 Å². The fraction of sp³-hybridized carbons (Fsp3) is 0.250. The molecule has 90 valence electrons. The van der Waals surface area contributed by atoms with Crippen LogP contribution in [0.25, 0.3) is 0 Å². The fourth-order valence-electron chi connectivity index (χ4n) is 1.63. The Kier molecular flexibility index (Phi) is 3.38. The SMILES string of the molecule is CCn1ccnc1Oc1c(C)cc(Br)cc1N. The Balaban J connectivity index is 2.36. The van der Waals surface area contributed by atoms with Crippen LogP contribution >= 0.6 is 15.9 Å². The van der Waals surface area contributed by atoms with Crippen LogP contribution in [0.5, 0.6) is 11.8 Å². The first-order chi connectivity index (χ1) is 8.11. The normalized spacial score (nSPS) is 10.5. The molecule has 0 spiro atoms. The Hall–Kier alpha value is -1.49. The van der Waals surface area contributed by atoms with Crippen LogP contribution in [0, 0.1) is 6.92 Å². The Labute approximate surface area is 109 Å². The third-order valence-corrected chi connectivity index (χ3v) is 2.94. The number of nitrogen functional groups attached to an aromatic ring is 1. The summed E-state index contributed by atoms with van der Waals surface area (Å²) in [5.41, 5.74) is 7.51. The number of hydrogen-bond donors (Lipinski definition) is 1. The minimum atomic E-state index is 0.560. The van der Waals surface area contributed by atoms with Gasteiger partial charge in [-0.2, -0.15) is 0 Å². The number of nitrogens with two attached hydrogens (primary N) is 1. The van der Waals surface area contributed by atoms with Crippen LogP contribution < -0.4 is 10.5 Å². The maximum Gasteiger partial charge on any atom is 0.301 e. The molecule has 0 fully saturated rings. The molecular weight excluding hydrogens is 282 g/mol. The van der Waals surface area contributed by atoms with E-state index in [0.29, 0.717) is 17.4 Å². The Morgan fingerprint density at radius 3 is 2.88 bits per heavy atom. The molecule has 0 amide bonds. The van der Waals surface area contributed by atoms with Gasteiger partial charge in [-0.05, 0) is 31.5 Å². The van der Waals surface area contributed by atoms with Gasteiger partial charge in [-0.15, -0.1) is 0 Å². The monoisotopic (exact) mass is 295 g/mol. The number of anilines is 1. The van der Waals surface area contributed by atoms with Gasteiger partial charge >= 0.3 is 6.01 Å². The molecule has 0 atom stereocenters. The summed E-state index contributed by atoms with van der Waals surface area (Å²) in [6, 6.07) is 4.34. The van der Waals surface area contributed by atoms with Gasteiger partial charge in [0.1, 0.15) is 0 Å². The standard InChI is InChI=1S/C12H14BrN3O/c1-3-16-5-4-15-12(16)17-11-8(2)6-9(13)7-10(11)14/h4-7H,3,14H2,1-2H3. The molecule has 2 aromatic rings. The second-order valence-electron chi connectivity index (χ2n) is 3.74. The van der Waals surface area contributed by atoms with Gasteiger partial charge in [-0.3, -0.25) is 0 Å². The van der Waals surface area contributed by atoms with E-state index in [1.54, 1.807) is 6.20 Å². The van der Waals surface area contributed by atoms with Crippen molar-refractivity contribution < 1.29 is 4.74 Å². The number of benzene rings is 1. The van der Waals surface area contributed by atoms with Crippen molar-refractivity contribution in [1.29, 1.82) is 0 Å². The molecule has 0 saturated heterocycles. The number of ether oxygens (including phenoxy) is 1. The first-order valence-corrected chi connectivity index (χ1v) is 6.15. The van der Waals surface area contributed by atoms with Crippen molar-refractivity contribution in [2.45, 2.75) is 20.4 Å². The lowest BCUT2D eigenvalue weighted by Crippen LogP contribution is -2.01. The van der Waals surface area contributed by atoms with E-state index in [-0.39, 0.29) is 0 Å². The molecule has 17 heavy (non-hydrogen) atoms. The van der Waals surface area contributed by atoms with Crippen LogP contribution in [-0.2, 0) is 6.54 Å². The molecule has 0 saturated carbocycles. The van der Waals surface area contributed by atoms with Crippen LogP contribution in [0.3, 0.4) is 0 Å².